The van der Waals surface area contributed by atoms with E-state index in [1.807, 2.05) is 0 Å². The number of anilines is 1. The van der Waals surface area contributed by atoms with Crippen molar-refractivity contribution in [3.63, 3.8) is 0 Å². The van der Waals surface area contributed by atoms with Crippen molar-refractivity contribution in [2.24, 2.45) is 0 Å². The molecule has 0 atom stereocenters. The predicted molar refractivity (Wildman–Crippen MR) is 71.2 cm³/mol. The van der Waals surface area contributed by atoms with Gasteiger partial charge in [-0.2, -0.15) is 19.0 Å². The summed E-state index contributed by atoms with van der Waals surface area (Å²) in [6.07, 6.45) is 7.06. The molecule has 21 heavy (non-hydrogen) atoms. The molecule has 2 aromatic heterocycles. The minimum Gasteiger partial charge on any atom is -0.305 e. The molecule has 0 spiro atoms. The SMILES string of the molecule is O=C(Nc1ccnn1C1CCCC1)c1ccn(C(F)F)n1. The molecule has 0 bridgehead atoms. The Labute approximate surface area is 119 Å². The van der Waals surface area contributed by atoms with Gasteiger partial charge in [-0.05, 0) is 18.9 Å². The molecule has 6 nitrogen and oxygen atoms in total. The first-order chi connectivity index (χ1) is 10.1. The Kier molecular flexibility index (Phi) is 3.68. The first-order valence-corrected chi connectivity index (χ1v) is 6.83. The molecule has 0 aromatic carbocycles. The fourth-order valence-corrected chi connectivity index (χ4v) is 2.60. The first-order valence-electron chi connectivity index (χ1n) is 6.83. The van der Waals surface area contributed by atoms with E-state index in [0.717, 1.165) is 31.9 Å². The summed E-state index contributed by atoms with van der Waals surface area (Å²) in [5, 5.41) is 10.5. The number of rotatable bonds is 4. The molecule has 2 aromatic rings. The van der Waals surface area contributed by atoms with Gasteiger partial charge in [-0.15, -0.1) is 0 Å². The van der Waals surface area contributed by atoms with Gasteiger partial charge in [-0.1, -0.05) is 12.8 Å². The highest BCUT2D eigenvalue weighted by molar-refractivity contribution is 6.02. The highest BCUT2D eigenvalue weighted by atomic mass is 19.3. The van der Waals surface area contributed by atoms with E-state index in [1.54, 1.807) is 16.9 Å². The minimum atomic E-state index is -2.75. The van der Waals surface area contributed by atoms with Crippen LogP contribution in [0.1, 0.15) is 48.8 Å². The molecular formula is C13H15F2N5O. The maximum Gasteiger partial charge on any atom is 0.333 e. The van der Waals surface area contributed by atoms with Gasteiger partial charge in [0.15, 0.2) is 5.69 Å². The zero-order valence-corrected chi connectivity index (χ0v) is 11.2. The van der Waals surface area contributed by atoms with E-state index in [4.69, 9.17) is 0 Å². The van der Waals surface area contributed by atoms with Crippen LogP contribution in [0.2, 0.25) is 0 Å². The highest BCUT2D eigenvalue weighted by Crippen LogP contribution is 2.31. The van der Waals surface area contributed by atoms with Crippen molar-refractivity contribution in [1.82, 2.24) is 19.6 Å². The van der Waals surface area contributed by atoms with Crippen molar-refractivity contribution in [3.8, 4) is 0 Å². The normalized spacial score (nSPS) is 15.8. The van der Waals surface area contributed by atoms with Gasteiger partial charge in [0.25, 0.3) is 5.91 Å². The third-order valence-electron chi connectivity index (χ3n) is 3.62. The van der Waals surface area contributed by atoms with Crippen molar-refractivity contribution in [2.75, 3.05) is 5.32 Å². The molecule has 0 unspecified atom stereocenters. The second-order valence-electron chi connectivity index (χ2n) is 5.01. The number of aromatic nitrogens is 4. The van der Waals surface area contributed by atoms with Gasteiger partial charge < -0.3 is 5.32 Å². The molecule has 1 aliphatic rings. The van der Waals surface area contributed by atoms with Gasteiger partial charge in [0.1, 0.15) is 5.82 Å². The second kappa shape index (κ2) is 5.63. The van der Waals surface area contributed by atoms with Crippen molar-refractivity contribution in [1.29, 1.82) is 0 Å². The van der Waals surface area contributed by atoms with E-state index in [1.165, 1.54) is 6.07 Å². The minimum absolute atomic E-state index is 0.0468. The lowest BCUT2D eigenvalue weighted by Gasteiger charge is -2.14. The lowest BCUT2D eigenvalue weighted by Crippen LogP contribution is -2.18. The average Bonchev–Trinajstić information content (AvgIpc) is 3.19. The Morgan fingerprint density at radius 1 is 1.33 bits per heavy atom. The molecule has 2 heterocycles. The average molecular weight is 295 g/mol. The fourth-order valence-electron chi connectivity index (χ4n) is 2.60. The van der Waals surface area contributed by atoms with Crippen LogP contribution in [0.25, 0.3) is 0 Å². The maximum atomic E-state index is 12.4. The van der Waals surface area contributed by atoms with Crippen LogP contribution in [0, 0.1) is 0 Å². The van der Waals surface area contributed by atoms with Gasteiger partial charge in [-0.25, -0.2) is 9.36 Å². The van der Waals surface area contributed by atoms with Crippen LogP contribution in [0.4, 0.5) is 14.6 Å². The molecular weight excluding hydrogens is 280 g/mol. The van der Waals surface area contributed by atoms with Crippen LogP contribution in [-0.2, 0) is 0 Å². The van der Waals surface area contributed by atoms with E-state index in [9.17, 15) is 13.6 Å². The predicted octanol–water partition coefficient (Wildman–Crippen LogP) is 2.84. The summed E-state index contributed by atoms with van der Waals surface area (Å²) >= 11 is 0. The Morgan fingerprint density at radius 2 is 2.10 bits per heavy atom. The van der Waals surface area contributed by atoms with Crippen molar-refractivity contribution >= 4 is 11.7 Å². The number of carbonyl (C=O) groups excluding carboxylic acids is 1. The van der Waals surface area contributed by atoms with Crippen LogP contribution in [0.5, 0.6) is 0 Å². The molecule has 1 saturated carbocycles. The largest absolute Gasteiger partial charge is 0.333 e. The zero-order valence-electron chi connectivity index (χ0n) is 11.2. The van der Waals surface area contributed by atoms with Crippen molar-refractivity contribution < 1.29 is 13.6 Å². The monoisotopic (exact) mass is 295 g/mol. The number of carbonyl (C=O) groups is 1. The third-order valence-corrected chi connectivity index (χ3v) is 3.62. The van der Waals surface area contributed by atoms with E-state index in [-0.39, 0.29) is 11.7 Å². The summed E-state index contributed by atoms with van der Waals surface area (Å²) in [6.45, 7) is -2.75. The number of nitrogens with zero attached hydrogens (tertiary/aromatic N) is 4. The molecule has 3 rings (SSSR count). The highest BCUT2D eigenvalue weighted by Gasteiger charge is 2.21. The molecule has 8 heteroatoms. The van der Waals surface area contributed by atoms with Crippen LogP contribution in [0.3, 0.4) is 0 Å². The van der Waals surface area contributed by atoms with E-state index >= 15 is 0 Å². The molecule has 0 radical (unpaired) electrons. The van der Waals surface area contributed by atoms with Crippen LogP contribution in [-0.4, -0.2) is 25.5 Å². The topological polar surface area (TPSA) is 64.7 Å². The summed E-state index contributed by atoms with van der Waals surface area (Å²) in [7, 11) is 0. The molecule has 112 valence electrons. The van der Waals surface area contributed by atoms with E-state index < -0.39 is 12.5 Å². The molecule has 1 aliphatic carbocycles. The lowest BCUT2D eigenvalue weighted by atomic mass is 10.2. The van der Waals surface area contributed by atoms with Crippen LogP contribution < -0.4 is 5.32 Å². The Bertz CT molecular complexity index is 630. The quantitative estimate of drug-likeness (QED) is 0.943. The summed E-state index contributed by atoms with van der Waals surface area (Å²) in [5.74, 6) is 0.0487. The van der Waals surface area contributed by atoms with Gasteiger partial charge in [-0.3, -0.25) is 4.79 Å². The zero-order chi connectivity index (χ0) is 14.8. The maximum absolute atomic E-state index is 12.4. The first kappa shape index (κ1) is 13.7. The number of hydrogen-bond donors (Lipinski definition) is 1. The summed E-state index contributed by atoms with van der Waals surface area (Å²) < 4.78 is 27.1. The summed E-state index contributed by atoms with van der Waals surface area (Å²) in [4.78, 5) is 12.0. The van der Waals surface area contributed by atoms with Crippen LogP contribution in [0.15, 0.2) is 24.5 Å². The fraction of sp³-hybridized carbons (Fsp3) is 0.462. The molecule has 0 saturated heterocycles. The molecule has 1 amide bonds. The second-order valence-corrected chi connectivity index (χ2v) is 5.01. The van der Waals surface area contributed by atoms with E-state index in [2.05, 4.69) is 15.5 Å². The number of amides is 1. The Morgan fingerprint density at radius 3 is 2.76 bits per heavy atom. The van der Waals surface area contributed by atoms with Gasteiger partial charge in [0.05, 0.1) is 12.2 Å². The Hall–Kier alpha value is -2.25. The molecule has 1 fully saturated rings. The van der Waals surface area contributed by atoms with E-state index in [0.29, 0.717) is 10.5 Å². The number of halogens is 2. The molecule has 0 aliphatic heterocycles. The third kappa shape index (κ3) is 2.79. The van der Waals surface area contributed by atoms with Crippen molar-refractivity contribution in [2.45, 2.75) is 38.3 Å². The number of hydrogen-bond acceptors (Lipinski definition) is 3. The number of alkyl halides is 2. The number of nitrogens with one attached hydrogen (secondary N) is 1. The van der Waals surface area contributed by atoms with Gasteiger partial charge in [0.2, 0.25) is 0 Å². The van der Waals surface area contributed by atoms with Crippen LogP contribution >= 0.6 is 0 Å². The van der Waals surface area contributed by atoms with Gasteiger partial charge >= 0.3 is 6.55 Å². The standard InChI is InChI=1S/C13H15F2N5O/c14-13(15)19-8-6-10(18-19)12(21)17-11-5-7-16-20(11)9-3-1-2-4-9/h5-9,13H,1-4H2,(H,17,21). The smallest absolute Gasteiger partial charge is 0.305 e. The Balaban J connectivity index is 1.74. The van der Waals surface area contributed by atoms with Crippen molar-refractivity contribution in [3.05, 3.63) is 30.2 Å². The molecule has 1 N–H and O–H groups in total. The lowest BCUT2D eigenvalue weighted by molar-refractivity contribution is 0.0561. The summed E-state index contributed by atoms with van der Waals surface area (Å²) in [6, 6.07) is 3.24. The summed E-state index contributed by atoms with van der Waals surface area (Å²) in [5.41, 5.74) is -0.0468. The van der Waals surface area contributed by atoms with Gasteiger partial charge in [0, 0.05) is 12.3 Å².